The summed E-state index contributed by atoms with van der Waals surface area (Å²) < 4.78 is 1.55. The Labute approximate surface area is 132 Å². The molecule has 7 heteroatoms. The summed E-state index contributed by atoms with van der Waals surface area (Å²) in [6.45, 7) is 1.81. The van der Waals surface area contributed by atoms with Crippen molar-refractivity contribution in [3.63, 3.8) is 0 Å². The van der Waals surface area contributed by atoms with Gasteiger partial charge >= 0.3 is 0 Å². The highest BCUT2D eigenvalue weighted by molar-refractivity contribution is 7.99. The summed E-state index contributed by atoms with van der Waals surface area (Å²) in [5.41, 5.74) is 1.10. The first-order chi connectivity index (χ1) is 10.1. The zero-order valence-electron chi connectivity index (χ0n) is 11.5. The Hall–Kier alpha value is -1.53. The highest BCUT2D eigenvalue weighted by Crippen LogP contribution is 2.37. The van der Waals surface area contributed by atoms with Crippen LogP contribution in [0.15, 0.2) is 35.7 Å². The molecule has 1 aliphatic heterocycles. The van der Waals surface area contributed by atoms with Crippen LogP contribution in [0.5, 0.6) is 0 Å². The molecule has 3 rings (SSSR count). The first-order valence-electron chi connectivity index (χ1n) is 6.72. The number of thioether (sulfide) groups is 1. The Morgan fingerprint density at radius 1 is 1.57 bits per heavy atom. The van der Waals surface area contributed by atoms with Crippen molar-refractivity contribution < 1.29 is 4.79 Å². The molecule has 0 saturated heterocycles. The van der Waals surface area contributed by atoms with Crippen molar-refractivity contribution in [1.29, 1.82) is 0 Å². The highest BCUT2D eigenvalue weighted by Gasteiger charge is 2.25. The van der Waals surface area contributed by atoms with Crippen molar-refractivity contribution >= 4 is 29.3 Å². The number of fused-ring (bicyclic) bond motifs is 1. The molecule has 1 aliphatic rings. The third-order valence-electron chi connectivity index (χ3n) is 3.54. The molecule has 2 heterocycles. The Balaban J connectivity index is 1.77. The van der Waals surface area contributed by atoms with Crippen molar-refractivity contribution in [3.8, 4) is 0 Å². The monoisotopic (exact) mass is 322 g/mol. The number of nitrogens with one attached hydrogen (secondary N) is 1. The average molecular weight is 323 g/mol. The lowest BCUT2D eigenvalue weighted by Gasteiger charge is -2.27. The van der Waals surface area contributed by atoms with Gasteiger partial charge in [0.15, 0.2) is 0 Å². The number of benzene rings is 1. The predicted octanol–water partition coefficient (Wildman–Crippen LogP) is 2.85. The van der Waals surface area contributed by atoms with Gasteiger partial charge in [0.05, 0.1) is 6.04 Å². The standard InChI is InChI=1S/C14H15ClN4OS/c1-9(19-8-16-7-17-19)14(20)18-12-4-5-21-13-3-2-10(15)6-11(12)13/h2-3,6-9,12H,4-5H2,1H3,(H,18,20)/t9-,12+/m1/s1. The van der Waals surface area contributed by atoms with E-state index in [0.717, 1.165) is 17.7 Å². The molecule has 0 aliphatic carbocycles. The van der Waals surface area contributed by atoms with Crippen molar-refractivity contribution in [2.75, 3.05) is 5.75 Å². The summed E-state index contributed by atoms with van der Waals surface area (Å²) in [6, 6.07) is 5.45. The number of carbonyl (C=O) groups is 1. The molecule has 1 N–H and O–H groups in total. The summed E-state index contributed by atoms with van der Waals surface area (Å²) in [5, 5.41) is 7.79. The average Bonchev–Trinajstić information content (AvgIpc) is 3.01. The van der Waals surface area contributed by atoms with Crippen molar-refractivity contribution in [2.24, 2.45) is 0 Å². The maximum atomic E-state index is 12.4. The van der Waals surface area contributed by atoms with Gasteiger partial charge < -0.3 is 5.32 Å². The van der Waals surface area contributed by atoms with Crippen LogP contribution in [0.4, 0.5) is 0 Å². The lowest BCUT2D eigenvalue weighted by molar-refractivity contribution is -0.125. The summed E-state index contributed by atoms with van der Waals surface area (Å²) in [5.74, 6) is 0.917. The van der Waals surface area contributed by atoms with Crippen molar-refractivity contribution in [2.45, 2.75) is 30.3 Å². The Kier molecular flexibility index (Phi) is 4.17. The van der Waals surface area contributed by atoms with E-state index in [1.807, 2.05) is 18.2 Å². The Morgan fingerprint density at radius 3 is 3.19 bits per heavy atom. The summed E-state index contributed by atoms with van der Waals surface area (Å²) in [7, 11) is 0. The Morgan fingerprint density at radius 2 is 2.43 bits per heavy atom. The SMILES string of the molecule is C[C@H](C(=O)N[C@H]1CCSc2ccc(Cl)cc21)n1cncn1. The number of nitrogens with zero attached hydrogens (tertiary/aromatic N) is 3. The van der Waals surface area contributed by atoms with Crippen LogP contribution in [0.25, 0.3) is 0 Å². The van der Waals surface area contributed by atoms with Gasteiger partial charge in [-0.2, -0.15) is 5.10 Å². The highest BCUT2D eigenvalue weighted by atomic mass is 35.5. The van der Waals surface area contributed by atoms with Crippen LogP contribution in [0, 0.1) is 0 Å². The maximum absolute atomic E-state index is 12.4. The van der Waals surface area contributed by atoms with Crippen LogP contribution in [-0.4, -0.2) is 26.4 Å². The van der Waals surface area contributed by atoms with E-state index in [4.69, 9.17) is 11.6 Å². The number of carbonyl (C=O) groups excluding carboxylic acids is 1. The molecule has 0 fully saturated rings. The second-order valence-corrected chi connectivity index (χ2v) is 6.51. The molecule has 21 heavy (non-hydrogen) atoms. The second-order valence-electron chi connectivity index (χ2n) is 4.93. The van der Waals surface area contributed by atoms with Gasteiger partial charge in [0.25, 0.3) is 0 Å². The van der Waals surface area contributed by atoms with Crippen LogP contribution in [-0.2, 0) is 4.79 Å². The number of hydrogen-bond donors (Lipinski definition) is 1. The van der Waals surface area contributed by atoms with E-state index in [9.17, 15) is 4.79 Å². The molecule has 5 nitrogen and oxygen atoms in total. The first kappa shape index (κ1) is 14.4. The van der Waals surface area contributed by atoms with E-state index < -0.39 is 0 Å². The van der Waals surface area contributed by atoms with E-state index >= 15 is 0 Å². The topological polar surface area (TPSA) is 59.8 Å². The molecule has 0 saturated carbocycles. The van der Waals surface area contributed by atoms with Gasteiger partial charge in [0.1, 0.15) is 18.7 Å². The quantitative estimate of drug-likeness (QED) is 0.944. The number of halogens is 1. The number of rotatable bonds is 3. The van der Waals surface area contributed by atoms with Gasteiger partial charge in [-0.1, -0.05) is 11.6 Å². The first-order valence-corrected chi connectivity index (χ1v) is 8.08. The lowest BCUT2D eigenvalue weighted by Crippen LogP contribution is -2.35. The van der Waals surface area contributed by atoms with E-state index in [1.165, 1.54) is 11.2 Å². The normalized spacial score (nSPS) is 18.9. The Bertz CT molecular complexity index is 646. The number of amides is 1. The van der Waals surface area contributed by atoms with E-state index in [2.05, 4.69) is 15.4 Å². The molecule has 1 aromatic heterocycles. The zero-order chi connectivity index (χ0) is 14.8. The molecule has 1 aromatic carbocycles. The number of aromatic nitrogens is 3. The molecule has 0 radical (unpaired) electrons. The number of hydrogen-bond acceptors (Lipinski definition) is 4. The van der Waals surface area contributed by atoms with Crippen LogP contribution in [0.2, 0.25) is 5.02 Å². The van der Waals surface area contributed by atoms with Crippen LogP contribution < -0.4 is 5.32 Å². The zero-order valence-corrected chi connectivity index (χ0v) is 13.1. The van der Waals surface area contributed by atoms with Gasteiger partial charge in [-0.3, -0.25) is 4.79 Å². The molecule has 2 aromatic rings. The van der Waals surface area contributed by atoms with Gasteiger partial charge in [-0.15, -0.1) is 11.8 Å². The van der Waals surface area contributed by atoms with Gasteiger partial charge in [-0.05, 0) is 37.1 Å². The molecule has 1 amide bonds. The molecule has 0 spiro atoms. The second kappa shape index (κ2) is 6.07. The van der Waals surface area contributed by atoms with Crippen molar-refractivity contribution in [3.05, 3.63) is 41.4 Å². The molecule has 2 atom stereocenters. The van der Waals surface area contributed by atoms with Crippen LogP contribution in [0.3, 0.4) is 0 Å². The van der Waals surface area contributed by atoms with Gasteiger partial charge in [0.2, 0.25) is 5.91 Å². The van der Waals surface area contributed by atoms with Crippen LogP contribution in [0.1, 0.15) is 31.0 Å². The molecule has 0 unspecified atom stereocenters. The van der Waals surface area contributed by atoms with E-state index in [0.29, 0.717) is 5.02 Å². The molecular formula is C14H15ClN4OS. The fourth-order valence-corrected chi connectivity index (χ4v) is 3.63. The smallest absolute Gasteiger partial charge is 0.245 e. The van der Waals surface area contributed by atoms with E-state index in [1.54, 1.807) is 29.7 Å². The largest absolute Gasteiger partial charge is 0.347 e. The fourth-order valence-electron chi connectivity index (χ4n) is 2.35. The summed E-state index contributed by atoms with van der Waals surface area (Å²) in [6.07, 6.45) is 3.87. The van der Waals surface area contributed by atoms with Gasteiger partial charge in [0, 0.05) is 15.7 Å². The lowest BCUT2D eigenvalue weighted by atomic mass is 10.0. The molecule has 0 bridgehead atoms. The van der Waals surface area contributed by atoms with E-state index in [-0.39, 0.29) is 18.0 Å². The third-order valence-corrected chi connectivity index (χ3v) is 4.90. The minimum atomic E-state index is -0.385. The van der Waals surface area contributed by atoms with Gasteiger partial charge in [-0.25, -0.2) is 9.67 Å². The third kappa shape index (κ3) is 3.06. The fraction of sp³-hybridized carbons (Fsp3) is 0.357. The summed E-state index contributed by atoms with van der Waals surface area (Å²) in [4.78, 5) is 17.4. The minimum Gasteiger partial charge on any atom is -0.347 e. The minimum absolute atomic E-state index is 0.00146. The van der Waals surface area contributed by atoms with Crippen LogP contribution >= 0.6 is 23.4 Å². The van der Waals surface area contributed by atoms with Crippen molar-refractivity contribution in [1.82, 2.24) is 20.1 Å². The summed E-state index contributed by atoms with van der Waals surface area (Å²) >= 11 is 7.87. The molecular weight excluding hydrogens is 308 g/mol. The maximum Gasteiger partial charge on any atom is 0.245 e. The predicted molar refractivity (Wildman–Crippen MR) is 82.4 cm³/mol. The molecule has 110 valence electrons.